The lowest BCUT2D eigenvalue weighted by molar-refractivity contribution is 0.0765. The van der Waals surface area contributed by atoms with Crippen LogP contribution in [0.15, 0.2) is 24.5 Å². The first-order valence-electron chi connectivity index (χ1n) is 6.13. The molecule has 0 aliphatic carbocycles. The highest BCUT2D eigenvalue weighted by Crippen LogP contribution is 2.20. The summed E-state index contributed by atoms with van der Waals surface area (Å²) in [5.74, 6) is 0.316. The monoisotopic (exact) mass is 258 g/mol. The van der Waals surface area contributed by atoms with Crippen LogP contribution in [-0.4, -0.2) is 45.1 Å². The number of fused-ring (bicyclic) bond motifs is 1. The Labute approximate surface area is 109 Å². The minimum absolute atomic E-state index is 0.0874. The number of carbonyl (C=O) groups is 1. The Morgan fingerprint density at radius 2 is 2.26 bits per heavy atom. The molecule has 19 heavy (non-hydrogen) atoms. The third-order valence-electron chi connectivity index (χ3n) is 3.36. The number of nitrogens with two attached hydrogens (primary N) is 1. The van der Waals surface area contributed by atoms with Gasteiger partial charge in [-0.2, -0.15) is 0 Å². The number of carbonyl (C=O) groups excluding carboxylic acids is 1. The molecular formula is C13H14N4O2. The normalized spacial score (nSPS) is 19.0. The van der Waals surface area contributed by atoms with E-state index in [0.29, 0.717) is 36.4 Å². The van der Waals surface area contributed by atoms with E-state index < -0.39 is 6.10 Å². The molecular weight excluding hydrogens is 244 g/mol. The van der Waals surface area contributed by atoms with Gasteiger partial charge in [0.15, 0.2) is 0 Å². The fourth-order valence-electron chi connectivity index (χ4n) is 2.32. The molecule has 2 aromatic rings. The third kappa shape index (κ3) is 2.10. The first-order valence-corrected chi connectivity index (χ1v) is 6.13. The number of benzene rings is 1. The van der Waals surface area contributed by atoms with Crippen molar-refractivity contribution in [1.29, 1.82) is 0 Å². The number of nitrogens with zero attached hydrogens (tertiary/aromatic N) is 3. The van der Waals surface area contributed by atoms with Crippen LogP contribution in [0.5, 0.6) is 0 Å². The summed E-state index contributed by atoms with van der Waals surface area (Å²) in [5.41, 5.74) is 6.95. The molecule has 1 aromatic carbocycles. The summed E-state index contributed by atoms with van der Waals surface area (Å²) in [4.78, 5) is 21.9. The van der Waals surface area contributed by atoms with E-state index in [1.165, 1.54) is 6.33 Å². The van der Waals surface area contributed by atoms with Crippen molar-refractivity contribution in [3.8, 4) is 0 Å². The van der Waals surface area contributed by atoms with Crippen LogP contribution < -0.4 is 5.73 Å². The van der Waals surface area contributed by atoms with Crippen molar-refractivity contribution >= 4 is 22.6 Å². The second-order valence-corrected chi connectivity index (χ2v) is 4.68. The number of anilines is 1. The largest absolute Gasteiger partial charge is 0.391 e. The molecule has 6 nitrogen and oxygen atoms in total. The zero-order valence-electron chi connectivity index (χ0n) is 10.3. The first kappa shape index (κ1) is 11.9. The number of aliphatic hydroxyl groups excluding tert-OH is 1. The Bertz CT molecular complexity index is 644. The Hall–Kier alpha value is -2.21. The zero-order valence-corrected chi connectivity index (χ0v) is 10.3. The highest BCUT2D eigenvalue weighted by molar-refractivity contribution is 5.99. The van der Waals surface area contributed by atoms with Crippen molar-refractivity contribution in [3.05, 3.63) is 30.1 Å². The Balaban J connectivity index is 1.95. The second-order valence-electron chi connectivity index (χ2n) is 4.68. The van der Waals surface area contributed by atoms with Crippen LogP contribution in [0, 0.1) is 0 Å². The molecule has 1 aliphatic heterocycles. The third-order valence-corrected chi connectivity index (χ3v) is 3.36. The first-order chi connectivity index (χ1) is 9.15. The Morgan fingerprint density at radius 3 is 3.00 bits per heavy atom. The van der Waals surface area contributed by atoms with E-state index >= 15 is 0 Å². The highest BCUT2D eigenvalue weighted by atomic mass is 16.3. The number of β-amino-alcohol motifs (C(OH)–C–C–N with tert-alkyl or cyclic N) is 1. The average molecular weight is 258 g/mol. The van der Waals surface area contributed by atoms with Crippen molar-refractivity contribution in [2.45, 2.75) is 12.5 Å². The smallest absolute Gasteiger partial charge is 0.254 e. The van der Waals surface area contributed by atoms with Gasteiger partial charge in [0.2, 0.25) is 0 Å². The highest BCUT2D eigenvalue weighted by Gasteiger charge is 2.25. The number of hydrogen-bond acceptors (Lipinski definition) is 5. The van der Waals surface area contributed by atoms with Crippen LogP contribution in [0.2, 0.25) is 0 Å². The van der Waals surface area contributed by atoms with E-state index in [-0.39, 0.29) is 5.91 Å². The molecule has 0 radical (unpaired) electrons. The summed E-state index contributed by atoms with van der Waals surface area (Å²) in [6.45, 7) is 0.979. The summed E-state index contributed by atoms with van der Waals surface area (Å²) in [6.07, 6.45) is 1.60. The minimum Gasteiger partial charge on any atom is -0.391 e. The summed E-state index contributed by atoms with van der Waals surface area (Å²) in [5, 5.41) is 10.2. The van der Waals surface area contributed by atoms with E-state index in [4.69, 9.17) is 5.73 Å². The minimum atomic E-state index is -0.414. The van der Waals surface area contributed by atoms with Gasteiger partial charge < -0.3 is 15.7 Å². The van der Waals surface area contributed by atoms with Gasteiger partial charge in [-0.15, -0.1) is 0 Å². The van der Waals surface area contributed by atoms with Crippen LogP contribution in [0.1, 0.15) is 16.8 Å². The van der Waals surface area contributed by atoms with Gasteiger partial charge in [0.05, 0.1) is 11.6 Å². The quantitative estimate of drug-likeness (QED) is 0.773. The van der Waals surface area contributed by atoms with Crippen LogP contribution >= 0.6 is 0 Å². The van der Waals surface area contributed by atoms with E-state index in [1.807, 2.05) is 0 Å². The van der Waals surface area contributed by atoms with E-state index in [0.717, 1.165) is 5.39 Å². The van der Waals surface area contributed by atoms with Gasteiger partial charge in [0.25, 0.3) is 5.91 Å². The van der Waals surface area contributed by atoms with Crippen LogP contribution in [0.25, 0.3) is 10.9 Å². The lowest BCUT2D eigenvalue weighted by Crippen LogP contribution is -2.29. The van der Waals surface area contributed by atoms with Gasteiger partial charge in [-0.1, -0.05) is 0 Å². The number of aromatic nitrogens is 2. The molecule has 0 unspecified atom stereocenters. The fraction of sp³-hybridized carbons (Fsp3) is 0.308. The van der Waals surface area contributed by atoms with E-state index in [9.17, 15) is 9.90 Å². The number of nitrogen functional groups attached to an aromatic ring is 1. The number of likely N-dealkylation sites (tertiary alicyclic amines) is 1. The van der Waals surface area contributed by atoms with Gasteiger partial charge in [-0.3, -0.25) is 4.79 Å². The molecule has 1 aromatic heterocycles. The Kier molecular flexibility index (Phi) is 2.79. The van der Waals surface area contributed by atoms with Crippen LogP contribution in [0.4, 0.5) is 5.82 Å². The molecule has 1 fully saturated rings. The van der Waals surface area contributed by atoms with Gasteiger partial charge in [0, 0.05) is 24.0 Å². The molecule has 0 bridgehead atoms. The van der Waals surface area contributed by atoms with Crippen molar-refractivity contribution in [2.75, 3.05) is 18.8 Å². The lowest BCUT2D eigenvalue weighted by Gasteiger charge is -2.15. The molecule has 1 atom stereocenters. The molecule has 6 heteroatoms. The maximum Gasteiger partial charge on any atom is 0.254 e. The summed E-state index contributed by atoms with van der Waals surface area (Å²) in [6, 6.07) is 5.18. The molecule has 0 spiro atoms. The van der Waals surface area contributed by atoms with E-state index in [1.54, 1.807) is 23.1 Å². The molecule has 0 saturated carbocycles. The fourth-order valence-corrected chi connectivity index (χ4v) is 2.32. The molecule has 2 heterocycles. The Morgan fingerprint density at radius 1 is 1.42 bits per heavy atom. The van der Waals surface area contributed by atoms with Crippen molar-refractivity contribution in [2.24, 2.45) is 0 Å². The van der Waals surface area contributed by atoms with E-state index in [2.05, 4.69) is 9.97 Å². The maximum absolute atomic E-state index is 12.3. The van der Waals surface area contributed by atoms with Gasteiger partial charge in [0.1, 0.15) is 12.1 Å². The molecule has 3 rings (SSSR count). The predicted octanol–water partition coefficient (Wildman–Crippen LogP) is 0.419. The summed E-state index contributed by atoms with van der Waals surface area (Å²) in [7, 11) is 0. The number of aliphatic hydroxyl groups is 1. The van der Waals surface area contributed by atoms with Gasteiger partial charge in [-0.05, 0) is 24.6 Å². The van der Waals surface area contributed by atoms with Crippen molar-refractivity contribution in [3.63, 3.8) is 0 Å². The number of hydrogen-bond donors (Lipinski definition) is 2. The van der Waals surface area contributed by atoms with Gasteiger partial charge >= 0.3 is 0 Å². The standard InChI is InChI=1S/C13H14N4O2/c14-12-10-2-1-8(5-11(10)15-7-16-12)13(19)17-4-3-9(18)6-17/h1-2,5,7,9,18H,3-4,6H2,(H2,14,15,16)/t9-/m1/s1. The number of amides is 1. The number of rotatable bonds is 1. The molecule has 98 valence electrons. The van der Waals surface area contributed by atoms with Gasteiger partial charge in [-0.25, -0.2) is 9.97 Å². The van der Waals surface area contributed by atoms with Crippen LogP contribution in [-0.2, 0) is 0 Å². The zero-order chi connectivity index (χ0) is 13.4. The van der Waals surface area contributed by atoms with Crippen LogP contribution in [0.3, 0.4) is 0 Å². The maximum atomic E-state index is 12.3. The molecule has 3 N–H and O–H groups in total. The molecule has 1 saturated heterocycles. The molecule has 1 amide bonds. The predicted molar refractivity (Wildman–Crippen MR) is 70.5 cm³/mol. The summed E-state index contributed by atoms with van der Waals surface area (Å²) < 4.78 is 0. The second kappa shape index (κ2) is 4.47. The lowest BCUT2D eigenvalue weighted by atomic mass is 10.1. The molecule has 1 aliphatic rings. The van der Waals surface area contributed by atoms with Crippen molar-refractivity contribution < 1.29 is 9.90 Å². The topological polar surface area (TPSA) is 92.3 Å². The van der Waals surface area contributed by atoms with Crippen molar-refractivity contribution in [1.82, 2.24) is 14.9 Å². The average Bonchev–Trinajstić information content (AvgIpc) is 2.84. The summed E-state index contributed by atoms with van der Waals surface area (Å²) >= 11 is 0. The SMILES string of the molecule is Nc1ncnc2cc(C(=O)N3CC[C@@H](O)C3)ccc12.